The van der Waals surface area contributed by atoms with Crippen LogP contribution in [0.3, 0.4) is 0 Å². The van der Waals surface area contributed by atoms with Crippen molar-refractivity contribution >= 4 is 28.5 Å². The van der Waals surface area contributed by atoms with Crippen LogP contribution in [-0.2, 0) is 18.8 Å². The van der Waals surface area contributed by atoms with Gasteiger partial charge in [-0.3, -0.25) is 0 Å². The molecule has 0 aliphatic rings. The lowest BCUT2D eigenvalue weighted by atomic mass is 10.0. The third-order valence-corrected chi connectivity index (χ3v) is 2.39. The fourth-order valence-electron chi connectivity index (χ4n) is 0.857. The van der Waals surface area contributed by atoms with E-state index < -0.39 is 4.32 Å². The summed E-state index contributed by atoms with van der Waals surface area (Å²) in [6.07, 6.45) is 1.16. The standard InChI is InChI=1S/C9H7BrO2.C2H6O.CH5NO/c10-9(6-11,7-12)8-4-2-1-3-5-8;1-2-3;1-3-2/h1-7H;3H,2H2,1H3;2H2,1H3. The van der Waals surface area contributed by atoms with Crippen LogP contribution in [0.15, 0.2) is 30.3 Å². The van der Waals surface area contributed by atoms with Gasteiger partial charge in [-0.2, -0.15) is 0 Å². The number of carbonyl (C=O) groups is 2. The van der Waals surface area contributed by atoms with Crippen LogP contribution in [0, 0.1) is 0 Å². The van der Waals surface area contributed by atoms with Gasteiger partial charge in [-0.15, -0.1) is 0 Å². The molecular weight excluding hydrogens is 302 g/mol. The maximum Gasteiger partial charge on any atom is 0.161 e. The van der Waals surface area contributed by atoms with E-state index >= 15 is 0 Å². The van der Waals surface area contributed by atoms with Gasteiger partial charge in [0.05, 0.1) is 7.11 Å². The normalized spacial score (nSPS) is 9.17. The number of hydrogen-bond donors (Lipinski definition) is 2. The second-order valence-electron chi connectivity index (χ2n) is 2.92. The van der Waals surface area contributed by atoms with E-state index in [0.29, 0.717) is 18.1 Å². The highest BCUT2D eigenvalue weighted by Gasteiger charge is 2.27. The number of nitrogens with two attached hydrogens (primary N) is 1. The minimum atomic E-state index is -1.17. The van der Waals surface area contributed by atoms with Crippen molar-refractivity contribution in [2.45, 2.75) is 11.2 Å². The molecule has 18 heavy (non-hydrogen) atoms. The van der Waals surface area contributed by atoms with Gasteiger partial charge < -0.3 is 19.5 Å². The number of aliphatic hydroxyl groups excluding tert-OH is 1. The van der Waals surface area contributed by atoms with E-state index in [0.717, 1.165) is 0 Å². The van der Waals surface area contributed by atoms with Crippen molar-refractivity contribution in [2.24, 2.45) is 5.90 Å². The molecule has 0 radical (unpaired) electrons. The number of alkyl halides is 1. The number of halogens is 1. The molecule has 0 heterocycles. The zero-order valence-electron chi connectivity index (χ0n) is 10.4. The molecule has 0 saturated heterocycles. The van der Waals surface area contributed by atoms with Crippen molar-refractivity contribution in [3.8, 4) is 0 Å². The van der Waals surface area contributed by atoms with Crippen LogP contribution in [0.5, 0.6) is 0 Å². The average Bonchev–Trinajstić information content (AvgIpc) is 2.41. The summed E-state index contributed by atoms with van der Waals surface area (Å²) in [5.41, 5.74) is 0.648. The Morgan fingerprint density at radius 3 is 1.94 bits per heavy atom. The summed E-state index contributed by atoms with van der Waals surface area (Å²) < 4.78 is -1.17. The minimum absolute atomic E-state index is 0.250. The van der Waals surface area contributed by atoms with Crippen molar-refractivity contribution in [3.05, 3.63) is 35.9 Å². The highest BCUT2D eigenvalue weighted by atomic mass is 79.9. The molecule has 1 aromatic rings. The molecule has 0 aliphatic heterocycles. The van der Waals surface area contributed by atoms with E-state index in [2.05, 4.69) is 26.7 Å². The molecule has 6 heteroatoms. The predicted octanol–water partition coefficient (Wildman–Crippen LogP) is 1.18. The summed E-state index contributed by atoms with van der Waals surface area (Å²) in [4.78, 5) is 24.9. The van der Waals surface area contributed by atoms with Crippen LogP contribution in [0.4, 0.5) is 0 Å². The van der Waals surface area contributed by atoms with Gasteiger partial charge >= 0.3 is 0 Å². The van der Waals surface area contributed by atoms with Crippen LogP contribution in [0.25, 0.3) is 0 Å². The van der Waals surface area contributed by atoms with Gasteiger partial charge in [0, 0.05) is 6.61 Å². The number of rotatable bonds is 3. The summed E-state index contributed by atoms with van der Waals surface area (Å²) in [5, 5.41) is 7.57. The van der Waals surface area contributed by atoms with Gasteiger partial charge in [-0.1, -0.05) is 46.3 Å². The smallest absolute Gasteiger partial charge is 0.161 e. The Kier molecular flexibility index (Phi) is 13.2. The summed E-state index contributed by atoms with van der Waals surface area (Å²) in [7, 11) is 1.40. The highest BCUT2D eigenvalue weighted by Crippen LogP contribution is 2.25. The molecule has 1 rings (SSSR count). The van der Waals surface area contributed by atoms with E-state index in [1.165, 1.54) is 7.11 Å². The van der Waals surface area contributed by atoms with Crippen LogP contribution >= 0.6 is 15.9 Å². The lowest BCUT2D eigenvalue weighted by Crippen LogP contribution is -2.21. The quantitative estimate of drug-likeness (QED) is 0.378. The summed E-state index contributed by atoms with van der Waals surface area (Å²) in [6.45, 7) is 1.93. The van der Waals surface area contributed by atoms with Gasteiger partial charge in [0.2, 0.25) is 0 Å². The van der Waals surface area contributed by atoms with Gasteiger partial charge in [0.15, 0.2) is 4.32 Å². The molecule has 0 fully saturated rings. The molecule has 0 atom stereocenters. The monoisotopic (exact) mass is 319 g/mol. The highest BCUT2D eigenvalue weighted by molar-refractivity contribution is 9.10. The third-order valence-electron chi connectivity index (χ3n) is 1.56. The van der Waals surface area contributed by atoms with E-state index in [-0.39, 0.29) is 6.61 Å². The largest absolute Gasteiger partial charge is 0.397 e. The van der Waals surface area contributed by atoms with Crippen LogP contribution in [0.2, 0.25) is 0 Å². The molecule has 5 nitrogen and oxygen atoms in total. The maximum atomic E-state index is 10.6. The first-order valence-electron chi connectivity index (χ1n) is 5.07. The molecule has 0 aliphatic carbocycles. The van der Waals surface area contributed by atoms with Crippen molar-refractivity contribution in [1.29, 1.82) is 0 Å². The van der Waals surface area contributed by atoms with Crippen LogP contribution in [-0.4, -0.2) is 31.4 Å². The first-order chi connectivity index (χ1) is 8.55. The Morgan fingerprint density at radius 2 is 1.67 bits per heavy atom. The van der Waals surface area contributed by atoms with Crippen LogP contribution in [0.1, 0.15) is 12.5 Å². The zero-order valence-corrected chi connectivity index (χ0v) is 12.0. The van der Waals surface area contributed by atoms with Gasteiger partial charge in [-0.05, 0) is 12.5 Å². The Balaban J connectivity index is 0. The fourth-order valence-corrected chi connectivity index (χ4v) is 1.12. The minimum Gasteiger partial charge on any atom is -0.397 e. The molecule has 0 amide bonds. The number of hydrogen-bond acceptors (Lipinski definition) is 5. The molecule has 1 aromatic carbocycles. The first-order valence-corrected chi connectivity index (χ1v) is 5.86. The van der Waals surface area contributed by atoms with Gasteiger partial charge in [-0.25, -0.2) is 5.90 Å². The second kappa shape index (κ2) is 12.4. The number of benzene rings is 1. The molecular formula is C12H18BrNO4. The number of aliphatic hydroxyl groups is 1. The van der Waals surface area contributed by atoms with Crippen molar-refractivity contribution in [3.63, 3.8) is 0 Å². The van der Waals surface area contributed by atoms with E-state index in [4.69, 9.17) is 5.11 Å². The predicted molar refractivity (Wildman–Crippen MR) is 73.1 cm³/mol. The number of carbonyl (C=O) groups excluding carboxylic acids is 2. The third kappa shape index (κ3) is 8.08. The summed E-state index contributed by atoms with van der Waals surface area (Å²) >= 11 is 3.06. The Bertz CT molecular complexity index is 309. The fraction of sp³-hybridized carbons (Fsp3) is 0.333. The zero-order chi connectivity index (χ0) is 14.4. The Labute approximate surface area is 115 Å². The molecule has 102 valence electrons. The number of aldehydes is 2. The molecule has 0 aromatic heterocycles. The topological polar surface area (TPSA) is 89.6 Å². The lowest BCUT2D eigenvalue weighted by molar-refractivity contribution is -0.117. The van der Waals surface area contributed by atoms with E-state index in [9.17, 15) is 9.59 Å². The van der Waals surface area contributed by atoms with E-state index in [1.807, 2.05) is 6.07 Å². The summed E-state index contributed by atoms with van der Waals surface area (Å²) in [6, 6.07) is 8.82. The molecule has 0 saturated carbocycles. The van der Waals surface area contributed by atoms with E-state index in [1.54, 1.807) is 31.2 Å². The molecule has 3 N–H and O–H groups in total. The van der Waals surface area contributed by atoms with Crippen molar-refractivity contribution in [1.82, 2.24) is 0 Å². The molecule has 0 unspecified atom stereocenters. The molecule has 0 bridgehead atoms. The second-order valence-corrected chi connectivity index (χ2v) is 4.23. The van der Waals surface area contributed by atoms with Gasteiger partial charge in [0.1, 0.15) is 12.6 Å². The Morgan fingerprint density at radius 1 is 1.33 bits per heavy atom. The van der Waals surface area contributed by atoms with Crippen molar-refractivity contribution in [2.75, 3.05) is 13.7 Å². The Hall–Kier alpha value is -1.08. The lowest BCUT2D eigenvalue weighted by Gasteiger charge is -2.12. The SMILES string of the molecule is CCO.CON.O=CC(Br)(C=O)c1ccccc1. The maximum absolute atomic E-state index is 10.6. The summed E-state index contributed by atoms with van der Waals surface area (Å²) in [5.74, 6) is 4.35. The van der Waals surface area contributed by atoms with Crippen molar-refractivity contribution < 1.29 is 19.5 Å². The average molecular weight is 320 g/mol. The van der Waals surface area contributed by atoms with Crippen LogP contribution < -0.4 is 5.90 Å². The first kappa shape index (κ1) is 19.3. The molecule has 0 spiro atoms. The van der Waals surface area contributed by atoms with Gasteiger partial charge in [0.25, 0.3) is 0 Å².